The first-order valence-electron chi connectivity index (χ1n) is 6.65. The van der Waals surface area contributed by atoms with Crippen LogP contribution >= 0.6 is 11.3 Å². The van der Waals surface area contributed by atoms with E-state index >= 15 is 0 Å². The molecule has 3 nitrogen and oxygen atoms in total. The lowest BCUT2D eigenvalue weighted by molar-refractivity contribution is 0.395. The van der Waals surface area contributed by atoms with Gasteiger partial charge in [-0.2, -0.15) is 0 Å². The third-order valence-electron chi connectivity index (χ3n) is 3.75. The van der Waals surface area contributed by atoms with E-state index in [1.165, 1.54) is 22.9 Å². The quantitative estimate of drug-likeness (QED) is 0.923. The van der Waals surface area contributed by atoms with Crippen molar-refractivity contribution in [1.82, 2.24) is 4.98 Å². The minimum absolute atomic E-state index is 0.736. The first kappa shape index (κ1) is 11.9. The van der Waals surface area contributed by atoms with E-state index in [0.29, 0.717) is 0 Å². The van der Waals surface area contributed by atoms with Crippen molar-refractivity contribution in [3.05, 3.63) is 23.7 Å². The van der Waals surface area contributed by atoms with Gasteiger partial charge in [0.15, 0.2) is 0 Å². The van der Waals surface area contributed by atoms with Crippen molar-refractivity contribution < 1.29 is 0 Å². The fourth-order valence-corrected chi connectivity index (χ4v) is 3.64. The lowest BCUT2D eigenvalue weighted by Gasteiger charge is -2.33. The van der Waals surface area contributed by atoms with E-state index < -0.39 is 0 Å². The molecule has 1 unspecified atom stereocenters. The van der Waals surface area contributed by atoms with E-state index in [1.807, 2.05) is 6.20 Å². The second kappa shape index (κ2) is 5.24. The summed E-state index contributed by atoms with van der Waals surface area (Å²) in [5.74, 6) is 1.90. The number of thiophene rings is 1. The van der Waals surface area contributed by atoms with Crippen LogP contribution in [0.1, 0.15) is 19.3 Å². The molecule has 18 heavy (non-hydrogen) atoms. The lowest BCUT2D eigenvalue weighted by atomic mass is 9.95. The topological polar surface area (TPSA) is 42.1 Å². The highest BCUT2D eigenvalue weighted by atomic mass is 32.1. The monoisotopic (exact) mass is 261 g/mol. The number of hydrogen-bond donors (Lipinski definition) is 1. The fraction of sp³-hybridized carbons (Fsp3) is 0.500. The minimum Gasteiger partial charge on any atom is -0.356 e. The van der Waals surface area contributed by atoms with E-state index in [0.717, 1.165) is 37.8 Å². The van der Waals surface area contributed by atoms with Crippen LogP contribution in [0.3, 0.4) is 0 Å². The molecule has 2 aromatic heterocycles. The Balaban J connectivity index is 1.87. The zero-order valence-electron chi connectivity index (χ0n) is 10.5. The van der Waals surface area contributed by atoms with Gasteiger partial charge in [0.2, 0.25) is 0 Å². The van der Waals surface area contributed by atoms with E-state index in [1.54, 1.807) is 11.3 Å². The number of anilines is 1. The van der Waals surface area contributed by atoms with Gasteiger partial charge in [0.25, 0.3) is 0 Å². The minimum atomic E-state index is 0.736. The first-order valence-corrected chi connectivity index (χ1v) is 7.53. The summed E-state index contributed by atoms with van der Waals surface area (Å²) in [6.45, 7) is 3.04. The van der Waals surface area contributed by atoms with Gasteiger partial charge in [0, 0.05) is 29.4 Å². The normalized spacial score (nSPS) is 20.5. The van der Waals surface area contributed by atoms with Crippen molar-refractivity contribution in [2.75, 3.05) is 24.5 Å². The molecule has 0 amide bonds. The zero-order valence-corrected chi connectivity index (χ0v) is 11.3. The Morgan fingerprint density at radius 3 is 3.28 bits per heavy atom. The molecule has 4 heteroatoms. The molecule has 96 valence electrons. The molecular weight excluding hydrogens is 242 g/mol. The number of fused-ring (bicyclic) bond motifs is 1. The number of aromatic nitrogens is 1. The smallest absolute Gasteiger partial charge is 0.137 e. The summed E-state index contributed by atoms with van der Waals surface area (Å²) in [5.41, 5.74) is 5.69. The van der Waals surface area contributed by atoms with Crippen LogP contribution in [0, 0.1) is 5.92 Å². The predicted molar refractivity (Wildman–Crippen MR) is 78.2 cm³/mol. The van der Waals surface area contributed by atoms with Gasteiger partial charge in [-0.3, -0.25) is 0 Å². The Morgan fingerprint density at radius 1 is 1.44 bits per heavy atom. The standard InChI is InChI=1S/C14H19N3S/c15-6-3-11-2-1-8-17(10-11)14-12-5-9-18-13(12)4-7-16-14/h4-5,7,9,11H,1-3,6,8,10,15H2. The maximum atomic E-state index is 5.69. The van der Waals surface area contributed by atoms with Crippen molar-refractivity contribution >= 4 is 27.2 Å². The molecule has 1 aliphatic rings. The van der Waals surface area contributed by atoms with Crippen molar-refractivity contribution in [2.45, 2.75) is 19.3 Å². The number of rotatable bonds is 3. The average Bonchev–Trinajstić information content (AvgIpc) is 2.87. The molecule has 0 radical (unpaired) electrons. The Bertz CT molecular complexity index is 520. The summed E-state index contributed by atoms with van der Waals surface area (Å²) in [6.07, 6.45) is 5.64. The van der Waals surface area contributed by atoms with Crippen molar-refractivity contribution in [3.8, 4) is 0 Å². The van der Waals surface area contributed by atoms with Crippen LogP contribution in [-0.4, -0.2) is 24.6 Å². The molecule has 0 bridgehead atoms. The highest BCUT2D eigenvalue weighted by molar-refractivity contribution is 7.17. The number of piperidine rings is 1. The van der Waals surface area contributed by atoms with Crippen molar-refractivity contribution in [3.63, 3.8) is 0 Å². The number of nitrogens with two attached hydrogens (primary N) is 1. The molecule has 2 aromatic rings. The van der Waals surface area contributed by atoms with E-state index in [9.17, 15) is 0 Å². The summed E-state index contributed by atoms with van der Waals surface area (Å²) >= 11 is 1.79. The van der Waals surface area contributed by atoms with Crippen LogP contribution in [0.15, 0.2) is 23.7 Å². The predicted octanol–water partition coefficient (Wildman–Crippen LogP) is 2.86. The van der Waals surface area contributed by atoms with Gasteiger partial charge in [0.05, 0.1) is 0 Å². The van der Waals surface area contributed by atoms with Crippen molar-refractivity contribution in [2.24, 2.45) is 11.7 Å². The third-order valence-corrected chi connectivity index (χ3v) is 4.63. The Morgan fingerprint density at radius 2 is 2.39 bits per heavy atom. The molecule has 0 spiro atoms. The zero-order chi connectivity index (χ0) is 12.4. The summed E-state index contributed by atoms with van der Waals surface area (Å²) in [7, 11) is 0. The Labute approximate surface area is 112 Å². The number of hydrogen-bond acceptors (Lipinski definition) is 4. The summed E-state index contributed by atoms with van der Waals surface area (Å²) in [4.78, 5) is 7.04. The molecular formula is C14H19N3S. The van der Waals surface area contributed by atoms with E-state index in [2.05, 4.69) is 27.4 Å². The Hall–Kier alpha value is -1.13. The number of pyridine rings is 1. The Kier molecular flexibility index (Phi) is 3.48. The molecule has 2 N–H and O–H groups in total. The molecule has 3 rings (SSSR count). The highest BCUT2D eigenvalue weighted by Gasteiger charge is 2.21. The van der Waals surface area contributed by atoms with Crippen LogP contribution in [0.25, 0.3) is 10.1 Å². The average molecular weight is 261 g/mol. The van der Waals surface area contributed by atoms with E-state index in [4.69, 9.17) is 5.73 Å². The van der Waals surface area contributed by atoms with Crippen molar-refractivity contribution in [1.29, 1.82) is 0 Å². The van der Waals surface area contributed by atoms with Gasteiger partial charge in [-0.1, -0.05) is 0 Å². The molecule has 1 fully saturated rings. The molecule has 1 atom stereocenters. The van der Waals surface area contributed by atoms with Crippen LogP contribution in [0.4, 0.5) is 5.82 Å². The van der Waals surface area contributed by atoms with Gasteiger partial charge < -0.3 is 10.6 Å². The SMILES string of the molecule is NCCC1CCCN(c2nccc3sccc23)C1. The maximum absolute atomic E-state index is 5.69. The largest absolute Gasteiger partial charge is 0.356 e. The van der Waals surface area contributed by atoms with Gasteiger partial charge in [-0.05, 0) is 49.2 Å². The second-order valence-electron chi connectivity index (χ2n) is 5.00. The second-order valence-corrected chi connectivity index (χ2v) is 5.95. The van der Waals surface area contributed by atoms with Crippen LogP contribution in [0.2, 0.25) is 0 Å². The molecule has 3 heterocycles. The maximum Gasteiger partial charge on any atom is 0.137 e. The number of nitrogens with zero attached hydrogens (tertiary/aromatic N) is 2. The van der Waals surface area contributed by atoms with Gasteiger partial charge in [0.1, 0.15) is 5.82 Å². The fourth-order valence-electron chi connectivity index (χ4n) is 2.86. The van der Waals surface area contributed by atoms with E-state index in [-0.39, 0.29) is 0 Å². The summed E-state index contributed by atoms with van der Waals surface area (Å²) in [5, 5.41) is 3.45. The molecule has 0 aromatic carbocycles. The third kappa shape index (κ3) is 2.22. The van der Waals surface area contributed by atoms with Crippen LogP contribution in [-0.2, 0) is 0 Å². The van der Waals surface area contributed by atoms with Gasteiger partial charge in [-0.25, -0.2) is 4.98 Å². The van der Waals surface area contributed by atoms with Crippen LogP contribution in [0.5, 0.6) is 0 Å². The van der Waals surface area contributed by atoms with Gasteiger partial charge in [-0.15, -0.1) is 11.3 Å². The molecule has 1 saturated heterocycles. The summed E-state index contributed by atoms with van der Waals surface area (Å²) in [6, 6.07) is 4.29. The first-order chi connectivity index (χ1) is 8.88. The highest BCUT2D eigenvalue weighted by Crippen LogP contribution is 2.31. The molecule has 0 aliphatic carbocycles. The lowest BCUT2D eigenvalue weighted by Crippen LogP contribution is -2.36. The summed E-state index contributed by atoms with van der Waals surface area (Å²) < 4.78 is 1.33. The van der Waals surface area contributed by atoms with Crippen LogP contribution < -0.4 is 10.6 Å². The molecule has 1 aliphatic heterocycles. The van der Waals surface area contributed by atoms with Gasteiger partial charge >= 0.3 is 0 Å². The molecule has 0 saturated carbocycles.